The topological polar surface area (TPSA) is 66.9 Å². The summed E-state index contributed by atoms with van der Waals surface area (Å²) in [6.45, 7) is 1.95. The van der Waals surface area contributed by atoms with E-state index in [0.717, 1.165) is 12.3 Å². The van der Waals surface area contributed by atoms with Crippen LogP contribution in [0.4, 0.5) is 25.2 Å². The fraction of sp³-hybridized carbons (Fsp3) is 0.214. The Kier molecular flexibility index (Phi) is 10.7. The summed E-state index contributed by atoms with van der Waals surface area (Å²) in [6, 6.07) is 1.85. The fourth-order valence-electron chi connectivity index (χ4n) is 1.49. The zero-order chi connectivity index (χ0) is 19.8. The molecule has 0 spiro atoms. The van der Waals surface area contributed by atoms with Crippen molar-refractivity contribution in [1.29, 1.82) is 5.26 Å². The summed E-state index contributed by atoms with van der Waals surface area (Å²) in [4.78, 5) is 9.95. The van der Waals surface area contributed by atoms with Crippen molar-refractivity contribution >= 4 is 7.81 Å². The monoisotopic (exact) mass is 443 g/mol. The second-order valence-electron chi connectivity index (χ2n) is 4.64. The number of rotatable bonds is 2. The average molecular weight is 443 g/mol. The smallest absolute Gasteiger partial charge is 0.0312 e. The van der Waals surface area contributed by atoms with Gasteiger partial charge >= 0.3 is 56.1 Å². The zero-order valence-electron chi connectivity index (χ0n) is 13.2. The summed E-state index contributed by atoms with van der Waals surface area (Å²) < 4.78 is 59.2. The van der Waals surface area contributed by atoms with Crippen LogP contribution in [0, 0.1) is 90.7 Å². The van der Waals surface area contributed by atoms with Crippen molar-refractivity contribution in [3.8, 4) is 6.07 Å². The summed E-state index contributed by atoms with van der Waals surface area (Å²) in [7, 11) is -10.7. The van der Waals surface area contributed by atoms with Gasteiger partial charge in [0.25, 0.3) is 0 Å². The van der Waals surface area contributed by atoms with Crippen LogP contribution in [-0.2, 0) is 17.1 Å². The van der Waals surface area contributed by atoms with E-state index >= 15 is 0 Å². The summed E-state index contributed by atoms with van der Waals surface area (Å²) >= 11 is 0. The SMILES string of the molecule is CC[C]1[CH][CH][C]([N+](=O)[O-])C(C#N)[CH]1.F[P-](F)(F)(F)(F)F.[CH]1[CH][CH][CH][CH]1.[Fe+3]. The molecule has 2 aliphatic carbocycles. The third-order valence-electron chi connectivity index (χ3n) is 2.48. The molecule has 4 nitrogen and oxygen atoms in total. The first-order valence-corrected chi connectivity index (χ1v) is 8.69. The summed E-state index contributed by atoms with van der Waals surface area (Å²) in [5.74, 6) is 0.270. The van der Waals surface area contributed by atoms with E-state index in [2.05, 4.69) is 0 Å². The molecule has 12 heteroatoms. The Balaban J connectivity index is 0. The maximum atomic E-state index is 10.5. The summed E-state index contributed by atoms with van der Waals surface area (Å²) in [5, 5.41) is 19.1. The molecule has 0 aromatic heterocycles. The van der Waals surface area contributed by atoms with Crippen molar-refractivity contribution in [2.24, 2.45) is 5.92 Å². The first kappa shape index (κ1) is 27.6. The zero-order valence-corrected chi connectivity index (χ0v) is 15.2. The number of nitrogens with zero attached hydrogens (tertiary/aromatic N) is 2. The normalized spacial score (nSPS) is 23.5. The molecule has 0 bridgehead atoms. The second kappa shape index (κ2) is 10.1. The number of hydrogen-bond acceptors (Lipinski definition) is 3. The Morgan fingerprint density at radius 2 is 1.46 bits per heavy atom. The molecule has 0 aliphatic heterocycles. The van der Waals surface area contributed by atoms with Gasteiger partial charge in [0.1, 0.15) is 5.92 Å². The van der Waals surface area contributed by atoms with Crippen molar-refractivity contribution in [3.63, 3.8) is 0 Å². The molecule has 2 fully saturated rings. The van der Waals surface area contributed by atoms with Crippen LogP contribution >= 0.6 is 7.81 Å². The molecule has 26 heavy (non-hydrogen) atoms. The van der Waals surface area contributed by atoms with E-state index in [1.165, 1.54) is 6.42 Å². The standard InChI is InChI=1S/C9H9N2O2.C5H5.F6P.Fe/c1-2-7-3-4-9(11(12)13)8(5-7)6-10;1-2-4-5-3-1;1-7(2,3,4,5)6;/h3-5,8H,2H2,1H3;1-5H;;/q;;-1;+3. The van der Waals surface area contributed by atoms with Gasteiger partial charge in [-0.2, -0.15) is 5.26 Å². The molecular weight excluding hydrogens is 429 g/mol. The van der Waals surface area contributed by atoms with Gasteiger partial charge in [0, 0.05) is 4.92 Å². The van der Waals surface area contributed by atoms with E-state index in [0.29, 0.717) is 0 Å². The van der Waals surface area contributed by atoms with Gasteiger partial charge in [-0.1, -0.05) is 6.92 Å². The molecule has 0 N–H and O–H groups in total. The Labute approximate surface area is 159 Å². The van der Waals surface area contributed by atoms with Crippen LogP contribution in [0.3, 0.4) is 0 Å². The van der Waals surface area contributed by atoms with Crippen LogP contribution in [0.1, 0.15) is 13.3 Å². The van der Waals surface area contributed by atoms with Crippen molar-refractivity contribution in [3.05, 3.63) is 73.4 Å². The largest absolute Gasteiger partial charge is 3.00 e. The van der Waals surface area contributed by atoms with Crippen LogP contribution in [0.2, 0.25) is 0 Å². The Hall–Kier alpha value is -0.581. The summed E-state index contributed by atoms with van der Waals surface area (Å²) in [5.41, 5.74) is 0. The van der Waals surface area contributed by atoms with Crippen molar-refractivity contribution in [2.75, 3.05) is 0 Å². The van der Waals surface area contributed by atoms with Crippen LogP contribution in [0.15, 0.2) is 0 Å². The van der Waals surface area contributed by atoms with E-state index in [1.807, 2.05) is 45.1 Å². The van der Waals surface area contributed by atoms with E-state index < -0.39 is 18.6 Å². The molecule has 2 saturated carbocycles. The van der Waals surface area contributed by atoms with Crippen LogP contribution in [0.25, 0.3) is 0 Å². The number of nitro groups is 1. The number of nitriles is 1. The minimum atomic E-state index is -10.7. The molecule has 11 radical (unpaired) electrons. The minimum Gasteiger partial charge on any atom is -0.0312 e. The van der Waals surface area contributed by atoms with Crippen molar-refractivity contribution < 1.29 is 47.2 Å². The Morgan fingerprint density at radius 3 is 1.73 bits per heavy atom. The maximum absolute atomic E-state index is 10.7. The van der Waals surface area contributed by atoms with Crippen molar-refractivity contribution in [2.45, 2.75) is 13.3 Å². The van der Waals surface area contributed by atoms with Crippen LogP contribution in [-0.4, -0.2) is 4.92 Å². The third kappa shape index (κ3) is 18.2. The quantitative estimate of drug-likeness (QED) is 0.174. The van der Waals surface area contributed by atoms with Crippen LogP contribution < -0.4 is 0 Å². The molecule has 2 aliphatic rings. The fourth-order valence-corrected chi connectivity index (χ4v) is 1.49. The number of halogens is 6. The molecule has 2 rings (SSSR count). The van der Waals surface area contributed by atoms with E-state index in [4.69, 9.17) is 5.26 Å². The first-order chi connectivity index (χ1) is 11.1. The molecule has 1 unspecified atom stereocenters. The predicted molar refractivity (Wildman–Crippen MR) is 80.8 cm³/mol. The minimum absolute atomic E-state index is 0. The molecule has 145 valence electrons. The van der Waals surface area contributed by atoms with Gasteiger partial charge < -0.3 is 0 Å². The number of hydrogen-bond donors (Lipinski definition) is 0. The molecule has 0 aromatic carbocycles. The van der Waals surface area contributed by atoms with E-state index in [9.17, 15) is 35.3 Å². The maximum Gasteiger partial charge on any atom is 3.00 e. The van der Waals surface area contributed by atoms with Gasteiger partial charge in [0.15, 0.2) is 0 Å². The third-order valence-corrected chi connectivity index (χ3v) is 2.48. The predicted octanol–water partition coefficient (Wildman–Crippen LogP) is 5.95. The van der Waals surface area contributed by atoms with Crippen LogP contribution in [0.5, 0.6) is 0 Å². The van der Waals surface area contributed by atoms with E-state index in [1.54, 1.807) is 12.8 Å². The molecular formula is C14H14F6FeN2O2P+2. The Morgan fingerprint density at radius 1 is 1.08 bits per heavy atom. The Bertz CT molecular complexity index is 460. The van der Waals surface area contributed by atoms with Gasteiger partial charge in [0.05, 0.1) is 12.5 Å². The molecule has 0 heterocycles. The molecule has 0 aromatic rings. The molecule has 1 atom stereocenters. The summed E-state index contributed by atoms with van der Waals surface area (Å²) in [6.07, 6.45) is 15.5. The van der Waals surface area contributed by atoms with Gasteiger partial charge in [-0.15, -0.1) is 0 Å². The molecule has 0 amide bonds. The first-order valence-electron chi connectivity index (χ1n) is 6.66. The van der Waals surface area contributed by atoms with Gasteiger partial charge in [0.2, 0.25) is 0 Å². The second-order valence-corrected chi connectivity index (χ2v) is 6.55. The van der Waals surface area contributed by atoms with Gasteiger partial charge in [-0.3, -0.25) is 10.1 Å². The van der Waals surface area contributed by atoms with Crippen molar-refractivity contribution in [1.82, 2.24) is 0 Å². The van der Waals surface area contributed by atoms with Gasteiger partial charge in [-0.25, -0.2) is 0 Å². The average Bonchev–Trinajstić information content (AvgIpc) is 3.02. The van der Waals surface area contributed by atoms with E-state index in [-0.39, 0.29) is 23.1 Å². The molecule has 0 saturated heterocycles. The van der Waals surface area contributed by atoms with Gasteiger partial charge in [-0.05, 0) is 57.3 Å².